The average molecular weight is 371 g/mol. The summed E-state index contributed by atoms with van der Waals surface area (Å²) >= 11 is 0. The molecule has 0 saturated heterocycles. The Morgan fingerprint density at radius 1 is 1.33 bits per heavy atom. The largest absolute Gasteiger partial charge is 0.497 e. The number of methoxy groups -OCH3 is 1. The summed E-state index contributed by atoms with van der Waals surface area (Å²) in [7, 11) is 1.60. The summed E-state index contributed by atoms with van der Waals surface area (Å²) in [5.41, 5.74) is 1.19. The quantitative estimate of drug-likeness (QED) is 0.633. The van der Waals surface area contributed by atoms with Crippen LogP contribution in [0.15, 0.2) is 18.2 Å². The van der Waals surface area contributed by atoms with E-state index in [-0.39, 0.29) is 24.2 Å². The van der Waals surface area contributed by atoms with Gasteiger partial charge in [-0.2, -0.15) is 5.10 Å². The first-order valence-corrected chi connectivity index (χ1v) is 9.81. The van der Waals surface area contributed by atoms with Gasteiger partial charge in [-0.05, 0) is 37.3 Å². The number of carbonyl (C=O) groups excluding carboxylic acids is 2. The molecule has 0 unspecified atom stereocenters. The third kappa shape index (κ3) is 4.31. The van der Waals surface area contributed by atoms with Gasteiger partial charge in [-0.15, -0.1) is 0 Å². The minimum Gasteiger partial charge on any atom is -0.497 e. The molecule has 1 aromatic carbocycles. The third-order valence-corrected chi connectivity index (χ3v) is 5.02. The Kier molecular flexibility index (Phi) is 5.82. The predicted octanol–water partition coefficient (Wildman–Crippen LogP) is 3.53. The van der Waals surface area contributed by atoms with Crippen LogP contribution in [0.3, 0.4) is 0 Å². The molecule has 0 radical (unpaired) electrons. The zero-order valence-electron chi connectivity index (χ0n) is 16.7. The number of fused-ring (bicyclic) bond motifs is 1. The maximum absolute atomic E-state index is 12.9. The number of nitrogens with zero attached hydrogens (tertiary/aromatic N) is 3. The van der Waals surface area contributed by atoms with Crippen LogP contribution in [0.25, 0.3) is 10.9 Å². The van der Waals surface area contributed by atoms with Crippen LogP contribution in [0, 0.1) is 11.8 Å². The van der Waals surface area contributed by atoms with E-state index < -0.39 is 0 Å². The second-order valence-corrected chi connectivity index (χ2v) is 7.69. The summed E-state index contributed by atoms with van der Waals surface area (Å²) in [4.78, 5) is 27.5. The number of benzene rings is 1. The lowest BCUT2D eigenvalue weighted by molar-refractivity contribution is -0.132. The van der Waals surface area contributed by atoms with Gasteiger partial charge >= 0.3 is 0 Å². The number of amides is 1. The zero-order chi connectivity index (χ0) is 19.6. The Balaban J connectivity index is 1.94. The Labute approximate surface area is 160 Å². The molecule has 0 spiro atoms. The fourth-order valence-corrected chi connectivity index (χ4v) is 3.28. The smallest absolute Gasteiger partial charge is 0.244 e. The molecule has 2 aromatic rings. The molecule has 1 aliphatic carbocycles. The van der Waals surface area contributed by atoms with Crippen molar-refractivity contribution < 1.29 is 14.3 Å². The van der Waals surface area contributed by atoms with Gasteiger partial charge in [0.1, 0.15) is 18.0 Å². The van der Waals surface area contributed by atoms with Gasteiger partial charge in [0, 0.05) is 30.5 Å². The van der Waals surface area contributed by atoms with Crippen LogP contribution in [0.1, 0.15) is 50.5 Å². The molecule has 3 rings (SSSR count). The van der Waals surface area contributed by atoms with Crippen molar-refractivity contribution in [1.82, 2.24) is 14.7 Å². The van der Waals surface area contributed by atoms with E-state index in [0.29, 0.717) is 17.4 Å². The van der Waals surface area contributed by atoms with Gasteiger partial charge in [-0.3, -0.25) is 14.3 Å². The van der Waals surface area contributed by atoms with Crippen LogP contribution in [0.4, 0.5) is 0 Å². The van der Waals surface area contributed by atoms with E-state index in [4.69, 9.17) is 4.74 Å². The number of hydrogen-bond acceptors (Lipinski definition) is 4. The highest BCUT2D eigenvalue weighted by atomic mass is 16.5. The molecule has 0 N–H and O–H groups in total. The number of rotatable bonds is 9. The molecule has 1 amide bonds. The Hall–Kier alpha value is -2.37. The fraction of sp³-hybridized carbons (Fsp3) is 0.571. The second kappa shape index (κ2) is 8.11. The van der Waals surface area contributed by atoms with E-state index in [2.05, 4.69) is 12.0 Å². The van der Waals surface area contributed by atoms with Gasteiger partial charge in [0.2, 0.25) is 5.91 Å². The van der Waals surface area contributed by atoms with Crippen LogP contribution in [-0.2, 0) is 11.3 Å². The lowest BCUT2D eigenvalue weighted by atomic mass is 10.0. The lowest BCUT2D eigenvalue weighted by Crippen LogP contribution is -2.36. The number of carbonyl (C=O) groups is 2. The zero-order valence-corrected chi connectivity index (χ0v) is 16.7. The molecular weight excluding hydrogens is 342 g/mol. The van der Waals surface area contributed by atoms with Crippen molar-refractivity contribution in [2.45, 2.75) is 46.6 Å². The number of Topliss-reactive ketones (excluding diaryl/α,β-unsaturated/α-hetero) is 1. The summed E-state index contributed by atoms with van der Waals surface area (Å²) in [6.07, 6.45) is 3.36. The Morgan fingerprint density at radius 2 is 2.07 bits per heavy atom. The van der Waals surface area contributed by atoms with Crippen LogP contribution < -0.4 is 4.74 Å². The van der Waals surface area contributed by atoms with Crippen LogP contribution in [-0.4, -0.2) is 46.6 Å². The molecule has 0 bridgehead atoms. The van der Waals surface area contributed by atoms with Gasteiger partial charge in [0.05, 0.1) is 12.6 Å². The molecule has 1 saturated carbocycles. The molecule has 0 atom stereocenters. The van der Waals surface area contributed by atoms with E-state index in [1.807, 2.05) is 36.9 Å². The molecule has 1 heterocycles. The van der Waals surface area contributed by atoms with Crippen LogP contribution in [0.5, 0.6) is 5.75 Å². The highest BCUT2D eigenvalue weighted by Crippen LogP contribution is 2.30. The van der Waals surface area contributed by atoms with Crippen LogP contribution >= 0.6 is 0 Å². The van der Waals surface area contributed by atoms with Gasteiger partial charge in [-0.25, -0.2) is 0 Å². The molecule has 1 fully saturated rings. The number of hydrogen-bond donors (Lipinski definition) is 0. The summed E-state index contributed by atoms with van der Waals surface area (Å²) in [5.74, 6) is 1.22. The normalized spacial score (nSPS) is 14.0. The predicted molar refractivity (Wildman–Crippen MR) is 105 cm³/mol. The van der Waals surface area contributed by atoms with Gasteiger partial charge in [0.15, 0.2) is 5.78 Å². The minimum atomic E-state index is -0.152. The average Bonchev–Trinajstić information content (AvgIpc) is 3.41. The van der Waals surface area contributed by atoms with Crippen molar-refractivity contribution >= 4 is 22.6 Å². The Bertz CT molecular complexity index is 837. The van der Waals surface area contributed by atoms with Crippen molar-refractivity contribution in [1.29, 1.82) is 0 Å². The van der Waals surface area contributed by atoms with Gasteiger partial charge in [-0.1, -0.05) is 20.8 Å². The lowest BCUT2D eigenvalue weighted by Gasteiger charge is -2.22. The SMILES string of the molecule is CCCN(CC1CC1)C(=O)Cn1nc(C(=O)C(C)C)c2ccc(OC)cc21. The second-order valence-electron chi connectivity index (χ2n) is 7.69. The van der Waals surface area contributed by atoms with Gasteiger partial charge < -0.3 is 9.64 Å². The molecule has 1 aliphatic rings. The first-order valence-electron chi connectivity index (χ1n) is 9.81. The third-order valence-electron chi connectivity index (χ3n) is 5.02. The standard InChI is InChI=1S/C21H29N3O3/c1-5-10-23(12-15-6-7-15)19(25)13-24-18-11-16(27-4)8-9-17(18)20(22-24)21(26)14(2)3/h8-9,11,14-15H,5-7,10,12-13H2,1-4H3. The summed E-state index contributed by atoms with van der Waals surface area (Å²) in [6, 6.07) is 5.52. The van der Waals surface area contributed by atoms with Crippen molar-refractivity contribution in [3.05, 3.63) is 23.9 Å². The van der Waals surface area contributed by atoms with E-state index in [9.17, 15) is 9.59 Å². The van der Waals surface area contributed by atoms with Crippen molar-refractivity contribution in [2.24, 2.45) is 11.8 Å². The summed E-state index contributed by atoms with van der Waals surface area (Å²) in [5, 5.41) is 5.30. The summed E-state index contributed by atoms with van der Waals surface area (Å²) in [6.45, 7) is 7.53. The van der Waals surface area contributed by atoms with E-state index in [1.165, 1.54) is 12.8 Å². The first-order chi connectivity index (χ1) is 12.9. The van der Waals surface area contributed by atoms with E-state index in [1.54, 1.807) is 11.8 Å². The van der Waals surface area contributed by atoms with Gasteiger partial charge in [0.25, 0.3) is 0 Å². The first kappa shape index (κ1) is 19.4. The van der Waals surface area contributed by atoms with E-state index in [0.717, 1.165) is 30.4 Å². The monoisotopic (exact) mass is 371 g/mol. The molecule has 0 aliphatic heterocycles. The maximum Gasteiger partial charge on any atom is 0.244 e. The molecular formula is C21H29N3O3. The van der Waals surface area contributed by atoms with Crippen molar-refractivity contribution in [3.8, 4) is 5.75 Å². The minimum absolute atomic E-state index is 0.0141. The van der Waals surface area contributed by atoms with E-state index >= 15 is 0 Å². The highest BCUT2D eigenvalue weighted by molar-refractivity contribution is 6.07. The van der Waals surface area contributed by atoms with Crippen molar-refractivity contribution in [3.63, 3.8) is 0 Å². The number of ether oxygens (including phenoxy) is 1. The fourth-order valence-electron chi connectivity index (χ4n) is 3.28. The Morgan fingerprint density at radius 3 is 2.67 bits per heavy atom. The van der Waals surface area contributed by atoms with Crippen LogP contribution in [0.2, 0.25) is 0 Å². The number of aromatic nitrogens is 2. The van der Waals surface area contributed by atoms with Crippen molar-refractivity contribution in [2.75, 3.05) is 20.2 Å². The molecule has 146 valence electrons. The summed E-state index contributed by atoms with van der Waals surface area (Å²) < 4.78 is 6.98. The maximum atomic E-state index is 12.9. The molecule has 27 heavy (non-hydrogen) atoms. The number of ketones is 1. The topological polar surface area (TPSA) is 64.4 Å². The highest BCUT2D eigenvalue weighted by Gasteiger charge is 2.27. The molecule has 6 heteroatoms. The molecule has 6 nitrogen and oxygen atoms in total. The molecule has 1 aromatic heterocycles.